The quantitative estimate of drug-likeness (QED) is 0.479. The van der Waals surface area contributed by atoms with Crippen molar-refractivity contribution in [2.45, 2.75) is 32.6 Å². The number of rotatable bonds is 5. The zero-order chi connectivity index (χ0) is 15.5. The monoisotopic (exact) mass is 286 g/mol. The third kappa shape index (κ3) is 4.53. The lowest BCUT2D eigenvalue weighted by molar-refractivity contribution is -0.270. The first-order valence-electron chi connectivity index (χ1n) is 5.14. The molecule has 0 bridgehead atoms. The molecule has 4 nitrogen and oxygen atoms in total. The van der Waals surface area contributed by atoms with Crippen molar-refractivity contribution in [2.24, 2.45) is 5.41 Å². The van der Waals surface area contributed by atoms with Crippen LogP contribution >= 0.6 is 0 Å². The van der Waals surface area contributed by atoms with Gasteiger partial charge in [0.15, 0.2) is 6.61 Å². The molecule has 0 rings (SSSR count). The number of hydrogen-bond acceptors (Lipinski definition) is 3. The molecule has 110 valence electrons. The van der Waals surface area contributed by atoms with Gasteiger partial charge in [-0.2, -0.15) is 17.6 Å². The molecular weight excluding hydrogens is 272 g/mol. The molecule has 0 aliphatic heterocycles. The van der Waals surface area contributed by atoms with E-state index in [9.17, 15) is 27.2 Å². The molecule has 0 radical (unpaired) electrons. The largest absolute Gasteiger partial charge is 0.478 e. The Morgan fingerprint density at radius 3 is 1.95 bits per heavy atom. The number of carboxylic acid groups (broad SMARTS) is 1. The minimum absolute atomic E-state index is 0.350. The predicted molar refractivity (Wildman–Crippen MR) is 57.1 cm³/mol. The number of halogens is 4. The first-order chi connectivity index (χ1) is 8.31. The van der Waals surface area contributed by atoms with Gasteiger partial charge in [-0.25, -0.2) is 9.59 Å². The summed E-state index contributed by atoms with van der Waals surface area (Å²) >= 11 is 0. The van der Waals surface area contributed by atoms with E-state index in [-0.39, 0.29) is 0 Å². The van der Waals surface area contributed by atoms with Gasteiger partial charge in [0.25, 0.3) is 0 Å². The number of esters is 1. The van der Waals surface area contributed by atoms with E-state index in [4.69, 9.17) is 5.11 Å². The van der Waals surface area contributed by atoms with Gasteiger partial charge in [-0.15, -0.1) is 0 Å². The lowest BCUT2D eigenvalue weighted by Gasteiger charge is -2.35. The molecular formula is C11H14F4O4. The molecule has 0 aromatic rings. The summed E-state index contributed by atoms with van der Waals surface area (Å²) in [5.41, 5.74) is -2.03. The van der Waals surface area contributed by atoms with Crippen LogP contribution in [0.5, 0.6) is 0 Å². The van der Waals surface area contributed by atoms with Crippen molar-refractivity contribution in [1.29, 1.82) is 0 Å². The van der Waals surface area contributed by atoms with Crippen LogP contribution in [-0.4, -0.2) is 35.5 Å². The fourth-order valence-electron chi connectivity index (χ4n) is 0.988. The third-order valence-electron chi connectivity index (χ3n) is 2.16. The summed E-state index contributed by atoms with van der Waals surface area (Å²) in [6.45, 7) is 0.938. The first kappa shape index (κ1) is 17.4. The summed E-state index contributed by atoms with van der Waals surface area (Å²) in [5.74, 6) is -11.9. The molecule has 8 heteroatoms. The summed E-state index contributed by atoms with van der Waals surface area (Å²) in [6.07, 6.45) is 0.704. The molecule has 0 aliphatic rings. The van der Waals surface area contributed by atoms with Crippen LogP contribution in [0.3, 0.4) is 0 Å². The van der Waals surface area contributed by atoms with Crippen LogP contribution in [0, 0.1) is 5.41 Å². The molecule has 19 heavy (non-hydrogen) atoms. The molecule has 0 amide bonds. The fourth-order valence-corrected chi connectivity index (χ4v) is 0.988. The molecule has 0 atom stereocenters. The summed E-state index contributed by atoms with van der Waals surface area (Å²) in [4.78, 5) is 20.9. The van der Waals surface area contributed by atoms with E-state index in [0.29, 0.717) is 12.2 Å². The Morgan fingerprint density at radius 2 is 1.58 bits per heavy atom. The van der Waals surface area contributed by atoms with Crippen LogP contribution in [0.2, 0.25) is 0 Å². The topological polar surface area (TPSA) is 63.6 Å². The van der Waals surface area contributed by atoms with Crippen LogP contribution in [0.15, 0.2) is 12.2 Å². The molecule has 0 heterocycles. The Hall–Kier alpha value is -1.60. The highest BCUT2D eigenvalue weighted by Gasteiger charge is 2.63. The minimum atomic E-state index is -4.56. The van der Waals surface area contributed by atoms with E-state index in [0.717, 1.165) is 20.8 Å². The van der Waals surface area contributed by atoms with E-state index < -0.39 is 35.8 Å². The summed E-state index contributed by atoms with van der Waals surface area (Å²) < 4.78 is 57.3. The van der Waals surface area contributed by atoms with Gasteiger partial charge in [0.05, 0.1) is 0 Å². The van der Waals surface area contributed by atoms with E-state index >= 15 is 0 Å². The Kier molecular flexibility index (Phi) is 5.11. The van der Waals surface area contributed by atoms with Gasteiger partial charge in [-0.1, -0.05) is 20.8 Å². The second-order valence-corrected chi connectivity index (χ2v) is 4.81. The minimum Gasteiger partial charge on any atom is -0.478 e. The van der Waals surface area contributed by atoms with E-state index in [2.05, 4.69) is 4.74 Å². The van der Waals surface area contributed by atoms with Gasteiger partial charge in [0.2, 0.25) is 0 Å². The van der Waals surface area contributed by atoms with Crippen LogP contribution < -0.4 is 0 Å². The van der Waals surface area contributed by atoms with Crippen molar-refractivity contribution in [3.05, 3.63) is 12.2 Å². The molecule has 0 saturated carbocycles. The standard InChI is InChI=1S/C11H14F4O4/c1-9(2,3)11(14,15)10(12,13)6-19-8(18)5-4-7(16)17/h4-5H,6H2,1-3H3,(H,16,17)/b5-4+. The second kappa shape index (κ2) is 5.58. The van der Waals surface area contributed by atoms with Gasteiger partial charge in [-0.05, 0) is 0 Å². The normalized spacial score (nSPS) is 13.6. The highest BCUT2D eigenvalue weighted by molar-refractivity contribution is 5.90. The lowest BCUT2D eigenvalue weighted by Crippen LogP contribution is -2.52. The lowest BCUT2D eigenvalue weighted by atomic mass is 9.84. The van der Waals surface area contributed by atoms with E-state index in [1.165, 1.54) is 0 Å². The summed E-state index contributed by atoms with van der Waals surface area (Å²) in [6, 6.07) is 0. The average molecular weight is 286 g/mol. The summed E-state index contributed by atoms with van der Waals surface area (Å²) in [5, 5.41) is 8.16. The van der Waals surface area contributed by atoms with E-state index in [1.54, 1.807) is 0 Å². The molecule has 0 spiro atoms. The van der Waals surface area contributed by atoms with Crippen molar-refractivity contribution in [2.75, 3.05) is 6.61 Å². The van der Waals surface area contributed by atoms with Crippen LogP contribution in [0.4, 0.5) is 17.6 Å². The molecule has 0 fully saturated rings. The van der Waals surface area contributed by atoms with Gasteiger partial charge >= 0.3 is 23.8 Å². The van der Waals surface area contributed by atoms with Gasteiger partial charge in [0.1, 0.15) is 0 Å². The number of carbonyl (C=O) groups is 2. The van der Waals surface area contributed by atoms with Crippen molar-refractivity contribution in [1.82, 2.24) is 0 Å². The number of hydrogen-bond donors (Lipinski definition) is 1. The van der Waals surface area contributed by atoms with Crippen molar-refractivity contribution < 1.29 is 37.0 Å². The number of ether oxygens (including phenoxy) is 1. The number of alkyl halides is 4. The van der Waals surface area contributed by atoms with Crippen molar-refractivity contribution >= 4 is 11.9 Å². The van der Waals surface area contributed by atoms with Crippen molar-refractivity contribution in [3.63, 3.8) is 0 Å². The molecule has 0 unspecified atom stereocenters. The SMILES string of the molecule is CC(C)(C)C(F)(F)C(F)(F)COC(=O)/C=C/C(=O)O. The Bertz CT molecular complexity index is 383. The van der Waals surface area contributed by atoms with Gasteiger partial charge in [-0.3, -0.25) is 0 Å². The maximum absolute atomic E-state index is 13.4. The molecule has 0 aliphatic carbocycles. The van der Waals surface area contributed by atoms with Gasteiger partial charge in [0, 0.05) is 17.6 Å². The highest BCUT2D eigenvalue weighted by Crippen LogP contribution is 2.46. The maximum atomic E-state index is 13.4. The number of aliphatic carboxylic acids is 1. The number of carboxylic acids is 1. The summed E-state index contributed by atoms with van der Waals surface area (Å²) in [7, 11) is 0. The van der Waals surface area contributed by atoms with Gasteiger partial charge < -0.3 is 9.84 Å². The Morgan fingerprint density at radius 1 is 1.11 bits per heavy atom. The first-order valence-corrected chi connectivity index (χ1v) is 5.14. The predicted octanol–water partition coefficient (Wildman–Crippen LogP) is 2.49. The fraction of sp³-hybridized carbons (Fsp3) is 0.636. The molecule has 1 N–H and O–H groups in total. The van der Waals surface area contributed by atoms with Crippen LogP contribution in [0.1, 0.15) is 20.8 Å². The van der Waals surface area contributed by atoms with Crippen molar-refractivity contribution in [3.8, 4) is 0 Å². The number of carbonyl (C=O) groups excluding carboxylic acids is 1. The average Bonchev–Trinajstić information content (AvgIpc) is 2.21. The molecule has 0 aromatic heterocycles. The van der Waals surface area contributed by atoms with Crippen LogP contribution in [-0.2, 0) is 14.3 Å². The third-order valence-corrected chi connectivity index (χ3v) is 2.16. The Balaban J connectivity index is 4.72. The smallest absolute Gasteiger partial charge is 0.343 e. The zero-order valence-corrected chi connectivity index (χ0v) is 10.5. The zero-order valence-electron chi connectivity index (χ0n) is 10.5. The maximum Gasteiger partial charge on any atom is 0.343 e. The molecule has 0 aromatic carbocycles. The highest BCUT2D eigenvalue weighted by atomic mass is 19.3. The second-order valence-electron chi connectivity index (χ2n) is 4.81. The Labute approximate surface area is 107 Å². The van der Waals surface area contributed by atoms with E-state index in [1.807, 2.05) is 0 Å². The molecule has 0 saturated heterocycles. The van der Waals surface area contributed by atoms with Crippen LogP contribution in [0.25, 0.3) is 0 Å².